The van der Waals surface area contributed by atoms with Gasteiger partial charge < -0.3 is 8.23 Å². The van der Waals surface area contributed by atoms with E-state index >= 15 is 0 Å². The molecule has 0 aliphatic heterocycles. The molecule has 7 rings (SSSR count). The van der Waals surface area contributed by atoms with Crippen LogP contribution in [0.4, 0.5) is 0 Å². The number of hydrogen-bond acceptors (Lipinski definition) is 2. The number of benzene rings is 7. The Morgan fingerprint density at radius 2 is 0.500 bits per heavy atom. The topological polar surface area (TPSA) is 18.5 Å². The summed E-state index contributed by atoms with van der Waals surface area (Å²) in [5, 5.41) is 8.22. The molecule has 2 nitrogen and oxygen atoms in total. The molecule has 0 atom stereocenters. The number of hydrogen-bond donors (Lipinski definition) is 0. The zero-order valence-electron chi connectivity index (χ0n) is 28.1. The lowest BCUT2D eigenvalue weighted by Crippen LogP contribution is -2.80. The van der Waals surface area contributed by atoms with Gasteiger partial charge in [0.15, 0.2) is 0 Å². The van der Waals surface area contributed by atoms with Crippen molar-refractivity contribution in [1.29, 1.82) is 0 Å². The molecule has 7 aromatic rings. The average molecular weight is 698 g/mol. The van der Waals surface area contributed by atoms with Gasteiger partial charge in [0.2, 0.25) is 0 Å². The van der Waals surface area contributed by atoms with Crippen molar-refractivity contribution in [3.63, 3.8) is 0 Å². The molecule has 0 aliphatic rings. The van der Waals surface area contributed by atoms with E-state index in [0.717, 1.165) is 5.19 Å². The van der Waals surface area contributed by atoms with Crippen LogP contribution in [0.3, 0.4) is 0 Å². The zero-order chi connectivity index (χ0) is 34.1. The maximum absolute atomic E-state index is 8.38. The SMILES string of the molecule is [CH2]CC[Si](O[Si](c1ccccc1)(c1ccccc1)c1ccccc1)(O[Si](c1ccccc1)(c1ccccc1)c1ccccc1)c1ccccc1. The first-order chi connectivity index (χ1) is 24.7. The Kier molecular flexibility index (Phi) is 10.3. The highest BCUT2D eigenvalue weighted by Crippen LogP contribution is 2.27. The second-order valence-corrected chi connectivity index (χ2v) is 22.9. The third-order valence-electron chi connectivity index (χ3n) is 9.44. The van der Waals surface area contributed by atoms with Crippen LogP contribution in [0.15, 0.2) is 212 Å². The highest BCUT2D eigenvalue weighted by Gasteiger charge is 2.57. The van der Waals surface area contributed by atoms with E-state index in [1.807, 2.05) is 0 Å². The van der Waals surface area contributed by atoms with Crippen LogP contribution in [0.1, 0.15) is 6.42 Å². The van der Waals surface area contributed by atoms with Gasteiger partial charge in [-0.3, -0.25) is 0 Å². The standard InChI is InChI=1S/C45H41O2Si3/c1-2-38-48(39-24-10-3-11-25-39,46-49(40-26-12-4-13-27-40,41-28-14-5-15-29-41)42-30-16-6-17-31-42)47-50(43-32-18-7-19-33-43,44-34-20-8-21-35-44)45-36-22-9-23-37-45/h3-37H,1-2,38H2. The summed E-state index contributed by atoms with van der Waals surface area (Å²) in [6.45, 7) is 4.50. The summed E-state index contributed by atoms with van der Waals surface area (Å²) in [4.78, 5) is 0. The van der Waals surface area contributed by atoms with Crippen LogP contribution >= 0.6 is 0 Å². The summed E-state index contributed by atoms with van der Waals surface area (Å²) in [5.74, 6) is 0. The molecular formula is C45H41O2Si3. The fraction of sp³-hybridized carbons (Fsp3) is 0.0444. The minimum atomic E-state index is -3.48. The molecule has 0 spiro atoms. The first-order valence-corrected chi connectivity index (χ1v) is 23.1. The summed E-state index contributed by atoms with van der Waals surface area (Å²) in [6, 6.07) is 76.6. The van der Waals surface area contributed by atoms with E-state index in [9.17, 15) is 0 Å². The van der Waals surface area contributed by atoms with Gasteiger partial charge in [-0.1, -0.05) is 226 Å². The van der Waals surface area contributed by atoms with E-state index in [1.54, 1.807) is 0 Å². The highest BCUT2D eigenvalue weighted by atomic mass is 28.5. The summed E-state index contributed by atoms with van der Waals surface area (Å²) >= 11 is 0. The largest absolute Gasteiger partial charge is 0.422 e. The third-order valence-corrected chi connectivity index (χ3v) is 23.6. The third kappa shape index (κ3) is 6.42. The fourth-order valence-electron chi connectivity index (χ4n) is 7.20. The van der Waals surface area contributed by atoms with Gasteiger partial charge in [-0.25, -0.2) is 0 Å². The second kappa shape index (κ2) is 15.3. The van der Waals surface area contributed by atoms with E-state index in [-0.39, 0.29) is 0 Å². The van der Waals surface area contributed by atoms with E-state index in [0.29, 0.717) is 12.5 Å². The summed E-state index contributed by atoms with van der Waals surface area (Å²) in [5.41, 5.74) is 0. The van der Waals surface area contributed by atoms with Crippen LogP contribution in [-0.4, -0.2) is 25.2 Å². The van der Waals surface area contributed by atoms with Crippen molar-refractivity contribution in [2.45, 2.75) is 12.5 Å². The molecule has 0 saturated heterocycles. The van der Waals surface area contributed by atoms with Crippen molar-refractivity contribution >= 4 is 61.5 Å². The molecule has 50 heavy (non-hydrogen) atoms. The predicted molar refractivity (Wildman–Crippen MR) is 217 cm³/mol. The van der Waals surface area contributed by atoms with Gasteiger partial charge in [-0.05, 0) is 42.4 Å². The molecule has 0 unspecified atom stereocenters. The van der Waals surface area contributed by atoms with E-state index in [1.165, 1.54) is 31.1 Å². The monoisotopic (exact) mass is 697 g/mol. The van der Waals surface area contributed by atoms with Crippen LogP contribution in [-0.2, 0) is 8.23 Å². The lowest BCUT2D eigenvalue weighted by atomic mass is 10.3. The van der Waals surface area contributed by atoms with Gasteiger partial charge in [0, 0.05) is 0 Å². The molecule has 0 amide bonds. The Morgan fingerprint density at radius 3 is 0.700 bits per heavy atom. The number of rotatable bonds is 13. The molecule has 0 heterocycles. The van der Waals surface area contributed by atoms with Gasteiger partial charge in [-0.15, -0.1) is 0 Å². The molecular weight excluding hydrogens is 657 g/mol. The van der Waals surface area contributed by atoms with Crippen molar-refractivity contribution in [2.24, 2.45) is 0 Å². The first kappa shape index (κ1) is 33.6. The molecule has 245 valence electrons. The van der Waals surface area contributed by atoms with Crippen LogP contribution in [0.5, 0.6) is 0 Å². The van der Waals surface area contributed by atoms with Gasteiger partial charge in [0.1, 0.15) is 0 Å². The summed E-state index contributed by atoms with van der Waals surface area (Å²) < 4.78 is 16.8. The smallest absolute Gasteiger partial charge is 0.353 e. The maximum atomic E-state index is 8.38. The Hall–Kier alpha value is -4.89. The lowest BCUT2D eigenvalue weighted by molar-refractivity contribution is 0.409. The molecule has 1 radical (unpaired) electrons. The van der Waals surface area contributed by atoms with Crippen molar-refractivity contribution in [2.75, 3.05) is 0 Å². The van der Waals surface area contributed by atoms with Gasteiger partial charge in [-0.2, -0.15) is 0 Å². The predicted octanol–water partition coefficient (Wildman–Crippen LogP) is 5.93. The average Bonchev–Trinajstić information content (AvgIpc) is 3.21. The summed E-state index contributed by atoms with van der Waals surface area (Å²) in [6.07, 6.45) is 0.660. The van der Waals surface area contributed by atoms with Gasteiger partial charge in [0.25, 0.3) is 16.6 Å². The van der Waals surface area contributed by atoms with Crippen molar-refractivity contribution in [3.8, 4) is 0 Å². The fourth-order valence-corrected chi connectivity index (χ4v) is 23.7. The highest BCUT2D eigenvalue weighted by molar-refractivity contribution is 7.15. The van der Waals surface area contributed by atoms with Crippen molar-refractivity contribution in [3.05, 3.63) is 219 Å². The molecule has 5 heteroatoms. The zero-order valence-corrected chi connectivity index (χ0v) is 31.1. The minimum absolute atomic E-state index is 0.660. The Bertz CT molecular complexity index is 1730. The van der Waals surface area contributed by atoms with Crippen LogP contribution in [0, 0.1) is 6.92 Å². The molecule has 0 aromatic heterocycles. The Balaban J connectivity index is 1.59. The van der Waals surface area contributed by atoms with E-state index in [4.69, 9.17) is 8.23 Å². The van der Waals surface area contributed by atoms with Crippen molar-refractivity contribution in [1.82, 2.24) is 0 Å². The van der Waals surface area contributed by atoms with Crippen LogP contribution < -0.4 is 36.3 Å². The van der Waals surface area contributed by atoms with Crippen LogP contribution in [0.25, 0.3) is 0 Å². The summed E-state index contributed by atoms with van der Waals surface area (Å²) in [7, 11) is -9.98. The van der Waals surface area contributed by atoms with Crippen LogP contribution in [0.2, 0.25) is 6.04 Å². The molecule has 7 aromatic carbocycles. The normalized spacial score (nSPS) is 12.0. The Morgan fingerprint density at radius 1 is 0.300 bits per heavy atom. The first-order valence-electron chi connectivity index (χ1n) is 17.3. The maximum Gasteiger partial charge on any atom is 0.353 e. The van der Waals surface area contributed by atoms with Gasteiger partial charge in [0.05, 0.1) is 0 Å². The molecule has 0 aliphatic carbocycles. The molecule has 0 N–H and O–H groups in total. The Labute approximate surface area is 300 Å². The molecule has 0 saturated carbocycles. The van der Waals surface area contributed by atoms with E-state index < -0.39 is 25.2 Å². The second-order valence-electron chi connectivity index (χ2n) is 12.5. The van der Waals surface area contributed by atoms with E-state index in [2.05, 4.69) is 219 Å². The van der Waals surface area contributed by atoms with Gasteiger partial charge >= 0.3 is 8.56 Å². The molecule has 0 fully saturated rings. The lowest BCUT2D eigenvalue weighted by Gasteiger charge is -2.47. The minimum Gasteiger partial charge on any atom is -0.422 e. The molecule has 0 bridgehead atoms. The quantitative estimate of drug-likeness (QED) is 0.110. The van der Waals surface area contributed by atoms with Crippen molar-refractivity contribution < 1.29 is 8.23 Å².